The Morgan fingerprint density at radius 2 is 2.30 bits per heavy atom. The van der Waals surface area contributed by atoms with Crippen molar-refractivity contribution in [2.24, 2.45) is 0 Å². The van der Waals surface area contributed by atoms with Gasteiger partial charge in [0.05, 0.1) is 25.2 Å². The van der Waals surface area contributed by atoms with Crippen molar-refractivity contribution in [2.75, 3.05) is 13.2 Å². The molecular formula is C17H19FN2O3. The van der Waals surface area contributed by atoms with Gasteiger partial charge in [0, 0.05) is 30.9 Å². The highest BCUT2D eigenvalue weighted by molar-refractivity contribution is 5.15. The summed E-state index contributed by atoms with van der Waals surface area (Å²) in [6, 6.07) is 5.09. The second-order valence-corrected chi connectivity index (χ2v) is 6.03. The van der Waals surface area contributed by atoms with Crippen LogP contribution in [0, 0.1) is 5.82 Å². The summed E-state index contributed by atoms with van der Waals surface area (Å²) in [6.07, 6.45) is 6.67. The molecule has 2 aromatic heterocycles. The van der Waals surface area contributed by atoms with E-state index in [2.05, 4.69) is 9.88 Å². The van der Waals surface area contributed by atoms with Crippen LogP contribution >= 0.6 is 0 Å². The van der Waals surface area contributed by atoms with E-state index < -0.39 is 5.82 Å². The Hall–Kier alpha value is -1.92. The molecule has 0 spiro atoms. The molecule has 2 aliphatic rings. The zero-order valence-electron chi connectivity index (χ0n) is 12.7. The second-order valence-electron chi connectivity index (χ2n) is 6.03. The standard InChI is InChI=1S/C17H19FN2O3/c18-13-2-1-6-19-17(13)23-16-14-3-4-15(16)22-9-7-20(14)10-12-5-8-21-11-12/h1-2,5-6,8,11,14-16H,3-4,7,9-10H2. The highest BCUT2D eigenvalue weighted by Gasteiger charge is 2.44. The molecular weight excluding hydrogens is 299 g/mol. The Morgan fingerprint density at radius 1 is 1.35 bits per heavy atom. The summed E-state index contributed by atoms with van der Waals surface area (Å²) in [5.74, 6) is -0.374. The van der Waals surface area contributed by atoms with Gasteiger partial charge < -0.3 is 13.9 Å². The lowest BCUT2D eigenvalue weighted by molar-refractivity contribution is 0.000137. The van der Waals surface area contributed by atoms with E-state index in [1.165, 1.54) is 6.07 Å². The molecule has 0 amide bonds. The van der Waals surface area contributed by atoms with Crippen LogP contribution in [-0.2, 0) is 11.3 Å². The first-order valence-corrected chi connectivity index (χ1v) is 7.95. The van der Waals surface area contributed by atoms with Crippen molar-refractivity contribution >= 4 is 0 Å². The van der Waals surface area contributed by atoms with Crippen LogP contribution in [0.4, 0.5) is 4.39 Å². The zero-order valence-corrected chi connectivity index (χ0v) is 12.7. The lowest BCUT2D eigenvalue weighted by atomic mass is 10.1. The summed E-state index contributed by atoms with van der Waals surface area (Å²) < 4.78 is 30.9. The number of hydrogen-bond acceptors (Lipinski definition) is 5. The van der Waals surface area contributed by atoms with Gasteiger partial charge in [0.15, 0.2) is 5.82 Å². The minimum absolute atomic E-state index is 0.00393. The van der Waals surface area contributed by atoms with E-state index in [0.29, 0.717) is 6.61 Å². The lowest BCUT2D eigenvalue weighted by Gasteiger charge is -2.30. The van der Waals surface area contributed by atoms with Gasteiger partial charge in [0.2, 0.25) is 0 Å². The van der Waals surface area contributed by atoms with Gasteiger partial charge in [-0.1, -0.05) is 0 Å². The van der Waals surface area contributed by atoms with Crippen molar-refractivity contribution in [3.8, 4) is 5.88 Å². The van der Waals surface area contributed by atoms with Crippen molar-refractivity contribution in [2.45, 2.75) is 37.6 Å². The molecule has 2 aromatic rings. The van der Waals surface area contributed by atoms with Crippen LogP contribution in [0.1, 0.15) is 18.4 Å². The van der Waals surface area contributed by atoms with Gasteiger partial charge in [-0.05, 0) is 31.0 Å². The van der Waals surface area contributed by atoms with E-state index in [-0.39, 0.29) is 24.1 Å². The molecule has 1 saturated heterocycles. The molecule has 0 aromatic carbocycles. The molecule has 4 rings (SSSR count). The number of rotatable bonds is 4. The zero-order chi connectivity index (χ0) is 15.6. The molecule has 0 radical (unpaired) electrons. The summed E-state index contributed by atoms with van der Waals surface area (Å²) in [4.78, 5) is 6.35. The smallest absolute Gasteiger partial charge is 0.250 e. The normalized spacial score (nSPS) is 27.8. The molecule has 5 nitrogen and oxygen atoms in total. The molecule has 2 fully saturated rings. The molecule has 3 atom stereocenters. The Kier molecular flexibility index (Phi) is 4.01. The van der Waals surface area contributed by atoms with Gasteiger partial charge >= 0.3 is 0 Å². The number of nitrogens with zero attached hydrogens (tertiary/aromatic N) is 2. The summed E-state index contributed by atoms with van der Waals surface area (Å²) >= 11 is 0. The SMILES string of the molecule is Fc1cccnc1OC1C2CCC1N(Cc1ccoc1)CCO2. The third-order valence-electron chi connectivity index (χ3n) is 4.61. The van der Waals surface area contributed by atoms with Crippen molar-refractivity contribution in [3.05, 3.63) is 48.3 Å². The molecule has 0 N–H and O–H groups in total. The average molecular weight is 318 g/mol. The lowest BCUT2D eigenvalue weighted by Crippen LogP contribution is -2.44. The van der Waals surface area contributed by atoms with Crippen LogP contribution in [0.15, 0.2) is 41.3 Å². The quantitative estimate of drug-likeness (QED) is 0.867. The molecule has 122 valence electrons. The number of halogens is 1. The maximum Gasteiger partial charge on any atom is 0.250 e. The molecule has 3 unspecified atom stereocenters. The summed E-state index contributed by atoms with van der Waals surface area (Å²) in [6.45, 7) is 2.27. The summed E-state index contributed by atoms with van der Waals surface area (Å²) in [5, 5.41) is 0. The minimum atomic E-state index is -0.433. The highest BCUT2D eigenvalue weighted by atomic mass is 19.1. The molecule has 1 aliphatic heterocycles. The van der Waals surface area contributed by atoms with E-state index in [9.17, 15) is 4.39 Å². The highest BCUT2D eigenvalue weighted by Crippen LogP contribution is 2.33. The van der Waals surface area contributed by atoms with Gasteiger partial charge in [-0.2, -0.15) is 0 Å². The van der Waals surface area contributed by atoms with Crippen molar-refractivity contribution in [1.29, 1.82) is 0 Å². The van der Waals surface area contributed by atoms with Gasteiger partial charge in [-0.3, -0.25) is 4.90 Å². The molecule has 2 bridgehead atoms. The van der Waals surface area contributed by atoms with Crippen molar-refractivity contribution in [3.63, 3.8) is 0 Å². The van der Waals surface area contributed by atoms with E-state index in [0.717, 1.165) is 31.5 Å². The van der Waals surface area contributed by atoms with Crippen LogP contribution in [0.5, 0.6) is 5.88 Å². The second kappa shape index (κ2) is 6.29. The predicted octanol–water partition coefficient (Wildman–Crippen LogP) is 2.62. The summed E-state index contributed by atoms with van der Waals surface area (Å²) in [7, 11) is 0. The predicted molar refractivity (Wildman–Crippen MR) is 80.5 cm³/mol. The maximum absolute atomic E-state index is 13.9. The molecule has 6 heteroatoms. The van der Waals surface area contributed by atoms with Gasteiger partial charge in [-0.25, -0.2) is 9.37 Å². The number of hydrogen-bond donors (Lipinski definition) is 0. The Morgan fingerprint density at radius 3 is 3.13 bits per heavy atom. The molecule has 23 heavy (non-hydrogen) atoms. The van der Waals surface area contributed by atoms with Crippen LogP contribution in [0.2, 0.25) is 0 Å². The third kappa shape index (κ3) is 2.96. The van der Waals surface area contributed by atoms with Gasteiger partial charge in [-0.15, -0.1) is 0 Å². The number of aromatic nitrogens is 1. The number of pyridine rings is 1. The Balaban J connectivity index is 1.55. The fraction of sp³-hybridized carbons (Fsp3) is 0.471. The molecule has 3 heterocycles. The average Bonchev–Trinajstić information content (AvgIpc) is 3.14. The van der Waals surface area contributed by atoms with Crippen molar-refractivity contribution < 1.29 is 18.3 Å². The van der Waals surface area contributed by atoms with Crippen LogP contribution in [0.3, 0.4) is 0 Å². The fourth-order valence-electron chi connectivity index (χ4n) is 3.52. The largest absolute Gasteiger partial charge is 0.472 e. The van der Waals surface area contributed by atoms with E-state index in [1.807, 2.05) is 6.07 Å². The third-order valence-corrected chi connectivity index (χ3v) is 4.61. The van der Waals surface area contributed by atoms with E-state index >= 15 is 0 Å². The first-order chi connectivity index (χ1) is 11.3. The van der Waals surface area contributed by atoms with E-state index in [1.54, 1.807) is 24.8 Å². The van der Waals surface area contributed by atoms with Gasteiger partial charge in [0.1, 0.15) is 6.10 Å². The monoisotopic (exact) mass is 318 g/mol. The Bertz CT molecular complexity index is 649. The summed E-state index contributed by atoms with van der Waals surface area (Å²) in [5.41, 5.74) is 1.12. The van der Waals surface area contributed by atoms with Crippen LogP contribution in [-0.4, -0.2) is 41.3 Å². The molecule has 1 aliphatic carbocycles. The van der Waals surface area contributed by atoms with Crippen molar-refractivity contribution in [1.82, 2.24) is 9.88 Å². The first kappa shape index (κ1) is 14.7. The first-order valence-electron chi connectivity index (χ1n) is 7.95. The number of furan rings is 1. The van der Waals surface area contributed by atoms with Crippen LogP contribution in [0.25, 0.3) is 0 Å². The minimum Gasteiger partial charge on any atom is -0.472 e. The maximum atomic E-state index is 13.9. The fourth-order valence-corrected chi connectivity index (χ4v) is 3.52. The Labute approximate surface area is 134 Å². The topological polar surface area (TPSA) is 47.7 Å². The van der Waals surface area contributed by atoms with E-state index in [4.69, 9.17) is 13.9 Å². The van der Waals surface area contributed by atoms with Crippen LogP contribution < -0.4 is 4.74 Å². The molecule has 1 saturated carbocycles. The number of fused-ring (bicyclic) bond motifs is 2. The number of ether oxygens (including phenoxy) is 2. The van der Waals surface area contributed by atoms with Gasteiger partial charge in [0.25, 0.3) is 5.88 Å².